The zero-order valence-electron chi connectivity index (χ0n) is 18.0. The minimum atomic E-state index is -2.89. The third kappa shape index (κ3) is 6.68. The Morgan fingerprint density at radius 1 is 1.35 bits per heavy atom. The first-order chi connectivity index (χ1) is 14.5. The normalized spacial score (nSPS) is 19.2. The Morgan fingerprint density at radius 3 is 2.81 bits per heavy atom. The van der Waals surface area contributed by atoms with Crippen molar-refractivity contribution < 1.29 is 18.3 Å². The summed E-state index contributed by atoms with van der Waals surface area (Å²) in [7, 11) is 3.20. The molecule has 0 amide bonds. The Labute approximate surface area is 198 Å². The minimum Gasteiger partial charge on any atom is -0.493 e. The van der Waals surface area contributed by atoms with Gasteiger partial charge in [0, 0.05) is 39.1 Å². The third-order valence-corrected chi connectivity index (χ3v) is 5.48. The monoisotopic (exact) mass is 549 g/mol. The summed E-state index contributed by atoms with van der Waals surface area (Å²) in [5, 5.41) is 3.39. The van der Waals surface area contributed by atoms with Crippen molar-refractivity contribution in [2.75, 3.05) is 33.8 Å². The molecule has 0 aliphatic carbocycles. The van der Waals surface area contributed by atoms with E-state index in [2.05, 4.69) is 36.4 Å². The van der Waals surface area contributed by atoms with Gasteiger partial charge in [0.15, 0.2) is 17.5 Å². The average molecular weight is 549 g/mol. The van der Waals surface area contributed by atoms with Crippen molar-refractivity contribution in [3.8, 4) is 11.5 Å². The molecular formula is C21H30F2IN5O2. The van der Waals surface area contributed by atoms with E-state index in [0.29, 0.717) is 24.9 Å². The van der Waals surface area contributed by atoms with Gasteiger partial charge in [0.25, 0.3) is 0 Å². The Hall–Kier alpha value is -2.11. The van der Waals surface area contributed by atoms with E-state index < -0.39 is 6.61 Å². The number of likely N-dealkylation sites (tertiary alicyclic amines) is 1. The van der Waals surface area contributed by atoms with E-state index in [4.69, 9.17) is 4.74 Å². The highest BCUT2D eigenvalue weighted by Gasteiger charge is 2.28. The van der Waals surface area contributed by atoms with Gasteiger partial charge in [-0.3, -0.25) is 4.99 Å². The van der Waals surface area contributed by atoms with Crippen LogP contribution in [0.15, 0.2) is 41.9 Å². The number of nitrogens with zero attached hydrogens (tertiary/aromatic N) is 4. The van der Waals surface area contributed by atoms with Gasteiger partial charge in [0.2, 0.25) is 0 Å². The first-order valence-electron chi connectivity index (χ1n) is 10.1. The maximum Gasteiger partial charge on any atom is 0.387 e. The number of nitrogens with one attached hydrogen (secondary N) is 1. The molecule has 1 aromatic carbocycles. The standard InChI is InChI=1S/C21H29F2N5O2.HI/c1-15-7-10-27(13-17(15)28-11-9-25-14-28)21(24-2)26-8-6-16-4-5-18(29-3)19(12-16)30-20(22)23;/h4-5,9,11-12,14-15,17,20H,6-8,10,13H2,1-3H3,(H,24,26);1H. The Morgan fingerprint density at radius 2 is 2.16 bits per heavy atom. The van der Waals surface area contributed by atoms with Gasteiger partial charge in [0.05, 0.1) is 19.5 Å². The third-order valence-electron chi connectivity index (χ3n) is 5.48. The van der Waals surface area contributed by atoms with Gasteiger partial charge < -0.3 is 24.3 Å². The second kappa shape index (κ2) is 12.1. The van der Waals surface area contributed by atoms with Gasteiger partial charge >= 0.3 is 6.61 Å². The van der Waals surface area contributed by atoms with E-state index in [0.717, 1.165) is 31.0 Å². The smallest absolute Gasteiger partial charge is 0.387 e. The number of aromatic nitrogens is 2. The lowest BCUT2D eigenvalue weighted by atomic mass is 9.93. The molecule has 3 rings (SSSR count). The summed E-state index contributed by atoms with van der Waals surface area (Å²) in [6, 6.07) is 5.42. The lowest BCUT2D eigenvalue weighted by Gasteiger charge is -2.39. The molecule has 1 saturated heterocycles. The van der Waals surface area contributed by atoms with Crippen LogP contribution in [-0.2, 0) is 6.42 Å². The minimum absolute atomic E-state index is 0. The van der Waals surface area contributed by atoms with E-state index in [9.17, 15) is 8.78 Å². The molecule has 0 saturated carbocycles. The van der Waals surface area contributed by atoms with Crippen LogP contribution in [0.1, 0.15) is 24.9 Å². The molecule has 0 radical (unpaired) electrons. The number of hydrogen-bond acceptors (Lipinski definition) is 4. The van der Waals surface area contributed by atoms with Crippen LogP contribution in [0.5, 0.6) is 11.5 Å². The zero-order chi connectivity index (χ0) is 21.5. The molecule has 1 fully saturated rings. The van der Waals surface area contributed by atoms with E-state index in [1.165, 1.54) is 7.11 Å². The second-order valence-corrected chi connectivity index (χ2v) is 7.38. The largest absolute Gasteiger partial charge is 0.493 e. The number of ether oxygens (including phenoxy) is 2. The predicted octanol–water partition coefficient (Wildman–Crippen LogP) is 3.81. The molecule has 172 valence electrons. The molecular weight excluding hydrogens is 519 g/mol. The summed E-state index contributed by atoms with van der Waals surface area (Å²) in [5.41, 5.74) is 0.873. The number of rotatable bonds is 7. The first kappa shape index (κ1) is 25.2. The fourth-order valence-electron chi connectivity index (χ4n) is 3.81. The molecule has 2 atom stereocenters. The molecule has 31 heavy (non-hydrogen) atoms. The fourth-order valence-corrected chi connectivity index (χ4v) is 3.81. The van der Waals surface area contributed by atoms with Crippen molar-refractivity contribution >= 4 is 29.9 Å². The molecule has 1 aliphatic rings. The molecule has 2 aromatic rings. The molecule has 2 heterocycles. The maximum atomic E-state index is 12.6. The number of benzene rings is 1. The van der Waals surface area contributed by atoms with Crippen molar-refractivity contribution in [1.82, 2.24) is 19.8 Å². The van der Waals surface area contributed by atoms with E-state index in [1.54, 1.807) is 25.4 Å². The Bertz CT molecular complexity index is 835. The summed E-state index contributed by atoms with van der Waals surface area (Å²) in [5.74, 6) is 1.73. The number of aliphatic imine (C=N–C) groups is 1. The molecule has 0 bridgehead atoms. The van der Waals surface area contributed by atoms with Gasteiger partial charge in [-0.1, -0.05) is 13.0 Å². The highest BCUT2D eigenvalue weighted by molar-refractivity contribution is 14.0. The molecule has 1 N–H and O–H groups in total. The van der Waals surface area contributed by atoms with Crippen LogP contribution >= 0.6 is 24.0 Å². The second-order valence-electron chi connectivity index (χ2n) is 7.38. The number of piperidine rings is 1. The Kier molecular flexibility index (Phi) is 9.79. The quantitative estimate of drug-likeness (QED) is 0.324. The number of guanidine groups is 1. The van der Waals surface area contributed by atoms with Gasteiger partial charge in [-0.05, 0) is 36.5 Å². The predicted molar refractivity (Wildman–Crippen MR) is 127 cm³/mol. The van der Waals surface area contributed by atoms with Crippen molar-refractivity contribution in [3.05, 3.63) is 42.5 Å². The molecule has 1 aliphatic heterocycles. The van der Waals surface area contributed by atoms with Crippen molar-refractivity contribution in [2.45, 2.75) is 32.4 Å². The number of imidazole rings is 1. The van der Waals surface area contributed by atoms with Gasteiger partial charge in [-0.25, -0.2) is 4.98 Å². The van der Waals surface area contributed by atoms with Crippen molar-refractivity contribution in [1.29, 1.82) is 0 Å². The Balaban J connectivity index is 0.00000341. The van der Waals surface area contributed by atoms with Gasteiger partial charge in [0.1, 0.15) is 0 Å². The average Bonchev–Trinajstić information content (AvgIpc) is 3.26. The molecule has 0 spiro atoms. The SMILES string of the molecule is CN=C(NCCc1ccc(OC)c(OC(F)F)c1)N1CCC(C)C(n2ccnc2)C1.I. The maximum absolute atomic E-state index is 12.6. The van der Waals surface area contributed by atoms with Crippen LogP contribution < -0.4 is 14.8 Å². The lowest BCUT2D eigenvalue weighted by molar-refractivity contribution is -0.0512. The van der Waals surface area contributed by atoms with Gasteiger partial charge in [-0.2, -0.15) is 8.78 Å². The molecule has 1 aromatic heterocycles. The van der Waals surface area contributed by atoms with Crippen molar-refractivity contribution in [2.24, 2.45) is 10.9 Å². The molecule has 10 heteroatoms. The summed E-state index contributed by atoms with van der Waals surface area (Å²) in [6.45, 7) is 1.78. The summed E-state index contributed by atoms with van der Waals surface area (Å²) >= 11 is 0. The van der Waals surface area contributed by atoms with Crippen LogP contribution in [0.25, 0.3) is 0 Å². The lowest BCUT2D eigenvalue weighted by Crippen LogP contribution is -2.49. The van der Waals surface area contributed by atoms with Crippen LogP contribution in [0.2, 0.25) is 0 Å². The van der Waals surface area contributed by atoms with Gasteiger partial charge in [-0.15, -0.1) is 24.0 Å². The number of halogens is 3. The summed E-state index contributed by atoms with van der Waals surface area (Å²) in [4.78, 5) is 10.9. The summed E-state index contributed by atoms with van der Waals surface area (Å²) in [6.07, 6.45) is 7.38. The number of alkyl halides is 2. The van der Waals surface area contributed by atoms with Crippen LogP contribution in [-0.4, -0.2) is 60.8 Å². The van der Waals surface area contributed by atoms with E-state index in [1.807, 2.05) is 18.6 Å². The van der Waals surface area contributed by atoms with Crippen LogP contribution in [0.4, 0.5) is 8.78 Å². The van der Waals surface area contributed by atoms with Crippen LogP contribution in [0, 0.1) is 5.92 Å². The number of methoxy groups -OCH3 is 1. The topological polar surface area (TPSA) is 63.9 Å². The highest BCUT2D eigenvalue weighted by Crippen LogP contribution is 2.30. The van der Waals surface area contributed by atoms with Crippen molar-refractivity contribution in [3.63, 3.8) is 0 Å². The zero-order valence-corrected chi connectivity index (χ0v) is 20.3. The fraction of sp³-hybridized carbons (Fsp3) is 0.524. The van der Waals surface area contributed by atoms with E-state index in [-0.39, 0.29) is 35.5 Å². The van der Waals surface area contributed by atoms with Crippen LogP contribution in [0.3, 0.4) is 0 Å². The highest BCUT2D eigenvalue weighted by atomic mass is 127. The molecule has 2 unspecified atom stereocenters. The number of hydrogen-bond donors (Lipinski definition) is 1. The molecule has 7 nitrogen and oxygen atoms in total. The van der Waals surface area contributed by atoms with E-state index >= 15 is 0 Å². The first-order valence-corrected chi connectivity index (χ1v) is 10.1. The summed E-state index contributed by atoms with van der Waals surface area (Å²) < 4.78 is 37.0.